The summed E-state index contributed by atoms with van der Waals surface area (Å²) in [5.41, 5.74) is 1.24. The molecular formula is C16H24O3. The topological polar surface area (TPSA) is 60.7 Å². The van der Waals surface area contributed by atoms with Gasteiger partial charge in [0.1, 0.15) is 0 Å². The number of aliphatic hydroxyl groups is 3. The predicted molar refractivity (Wildman–Crippen MR) is 74.5 cm³/mol. The Morgan fingerprint density at radius 3 is 2.53 bits per heavy atom. The molecule has 1 aliphatic carbocycles. The number of benzene rings is 1. The Hall–Kier alpha value is -0.900. The van der Waals surface area contributed by atoms with E-state index in [9.17, 15) is 15.3 Å². The van der Waals surface area contributed by atoms with E-state index in [-0.39, 0.29) is 12.0 Å². The summed E-state index contributed by atoms with van der Waals surface area (Å²) in [4.78, 5) is 0. The molecule has 1 unspecified atom stereocenters. The quantitative estimate of drug-likeness (QED) is 0.691. The molecule has 19 heavy (non-hydrogen) atoms. The van der Waals surface area contributed by atoms with E-state index < -0.39 is 5.79 Å². The lowest BCUT2D eigenvalue weighted by Crippen LogP contribution is -2.33. The van der Waals surface area contributed by atoms with Crippen LogP contribution in [0.3, 0.4) is 0 Å². The average molecular weight is 264 g/mol. The minimum Gasteiger partial charge on any atom is -0.393 e. The second-order valence-electron chi connectivity index (χ2n) is 5.72. The van der Waals surface area contributed by atoms with Gasteiger partial charge in [-0.2, -0.15) is 0 Å². The summed E-state index contributed by atoms with van der Waals surface area (Å²) in [5, 5.41) is 29.5. The molecule has 2 atom stereocenters. The summed E-state index contributed by atoms with van der Waals surface area (Å²) in [5.74, 6) is -1.57. The number of hydrogen-bond donors (Lipinski definition) is 3. The molecule has 0 bridgehead atoms. The van der Waals surface area contributed by atoms with Crippen molar-refractivity contribution in [2.24, 2.45) is 5.92 Å². The van der Waals surface area contributed by atoms with Crippen molar-refractivity contribution in [2.45, 2.75) is 56.8 Å². The van der Waals surface area contributed by atoms with E-state index in [0.717, 1.165) is 25.7 Å². The van der Waals surface area contributed by atoms with Crippen LogP contribution in [0.5, 0.6) is 0 Å². The first-order chi connectivity index (χ1) is 9.08. The molecule has 0 heterocycles. The Morgan fingerprint density at radius 2 is 1.89 bits per heavy atom. The molecule has 0 amide bonds. The molecule has 1 fully saturated rings. The summed E-state index contributed by atoms with van der Waals surface area (Å²) in [6.45, 7) is 0. The average Bonchev–Trinajstić information content (AvgIpc) is 2.74. The number of rotatable bonds is 6. The standard InChI is InChI=1S/C16H24O3/c17-15(10-8-13-5-2-1-3-6-13)11-9-14-7-4-12-16(14,18)19/h1-3,5-6,14-15,17-19H,4,7-12H2/t14?,15-/m0/s1. The van der Waals surface area contributed by atoms with Gasteiger partial charge in [0, 0.05) is 12.3 Å². The van der Waals surface area contributed by atoms with Crippen LogP contribution >= 0.6 is 0 Å². The number of aliphatic hydroxyl groups excluding tert-OH is 1. The van der Waals surface area contributed by atoms with Gasteiger partial charge in [0.05, 0.1) is 6.10 Å². The molecule has 0 saturated heterocycles. The summed E-state index contributed by atoms with van der Waals surface area (Å²) in [7, 11) is 0. The maximum Gasteiger partial charge on any atom is 0.165 e. The molecule has 1 aliphatic rings. The normalized spacial score (nSPS) is 23.4. The van der Waals surface area contributed by atoms with Crippen molar-refractivity contribution in [2.75, 3.05) is 0 Å². The zero-order valence-electron chi connectivity index (χ0n) is 11.3. The lowest BCUT2D eigenvalue weighted by molar-refractivity contribution is -0.187. The Kier molecular flexibility index (Phi) is 4.97. The molecule has 0 radical (unpaired) electrons. The predicted octanol–water partition coefficient (Wildman–Crippen LogP) is 2.24. The highest BCUT2D eigenvalue weighted by Crippen LogP contribution is 2.36. The third kappa shape index (κ3) is 4.30. The molecule has 1 aromatic rings. The van der Waals surface area contributed by atoms with Crippen LogP contribution in [-0.2, 0) is 6.42 Å². The van der Waals surface area contributed by atoms with Crippen molar-refractivity contribution in [1.29, 1.82) is 0 Å². The largest absolute Gasteiger partial charge is 0.393 e. The van der Waals surface area contributed by atoms with Gasteiger partial charge in [-0.3, -0.25) is 0 Å². The Balaban J connectivity index is 1.69. The maximum atomic E-state index is 9.98. The van der Waals surface area contributed by atoms with Crippen LogP contribution in [0, 0.1) is 5.92 Å². The van der Waals surface area contributed by atoms with Crippen molar-refractivity contribution >= 4 is 0 Å². The van der Waals surface area contributed by atoms with E-state index in [1.165, 1.54) is 5.56 Å². The highest BCUT2D eigenvalue weighted by atomic mass is 16.5. The first-order valence-electron chi connectivity index (χ1n) is 7.24. The molecule has 1 aromatic carbocycles. The van der Waals surface area contributed by atoms with Crippen LogP contribution in [0.1, 0.15) is 44.1 Å². The maximum absolute atomic E-state index is 9.98. The molecule has 0 aliphatic heterocycles. The smallest absolute Gasteiger partial charge is 0.165 e. The van der Waals surface area contributed by atoms with Crippen molar-refractivity contribution in [3.05, 3.63) is 35.9 Å². The second kappa shape index (κ2) is 6.51. The fraction of sp³-hybridized carbons (Fsp3) is 0.625. The van der Waals surface area contributed by atoms with Crippen molar-refractivity contribution < 1.29 is 15.3 Å². The van der Waals surface area contributed by atoms with E-state index in [2.05, 4.69) is 12.1 Å². The zero-order valence-corrected chi connectivity index (χ0v) is 11.3. The highest BCUT2D eigenvalue weighted by molar-refractivity contribution is 5.14. The van der Waals surface area contributed by atoms with E-state index in [4.69, 9.17) is 0 Å². The van der Waals surface area contributed by atoms with Gasteiger partial charge in [0.15, 0.2) is 5.79 Å². The minimum absolute atomic E-state index is 0.0705. The third-order valence-corrected chi connectivity index (χ3v) is 4.21. The van der Waals surface area contributed by atoms with Gasteiger partial charge in [-0.25, -0.2) is 0 Å². The van der Waals surface area contributed by atoms with E-state index >= 15 is 0 Å². The molecule has 2 rings (SSSR count). The van der Waals surface area contributed by atoms with Crippen molar-refractivity contribution in [1.82, 2.24) is 0 Å². The van der Waals surface area contributed by atoms with E-state index in [0.29, 0.717) is 19.3 Å². The van der Waals surface area contributed by atoms with Gasteiger partial charge in [-0.15, -0.1) is 0 Å². The number of aryl methyl sites for hydroxylation is 1. The van der Waals surface area contributed by atoms with Crippen molar-refractivity contribution in [3.63, 3.8) is 0 Å². The molecule has 3 nitrogen and oxygen atoms in total. The van der Waals surface area contributed by atoms with Crippen LogP contribution in [0.25, 0.3) is 0 Å². The molecule has 106 valence electrons. The van der Waals surface area contributed by atoms with Gasteiger partial charge < -0.3 is 15.3 Å². The minimum atomic E-state index is -1.50. The van der Waals surface area contributed by atoms with Gasteiger partial charge >= 0.3 is 0 Å². The SMILES string of the molecule is O[C@@H](CCc1ccccc1)CCC1CCCC1(O)O. The van der Waals surface area contributed by atoms with Crippen molar-refractivity contribution in [3.8, 4) is 0 Å². The molecule has 3 N–H and O–H groups in total. The first-order valence-corrected chi connectivity index (χ1v) is 7.24. The second-order valence-corrected chi connectivity index (χ2v) is 5.72. The van der Waals surface area contributed by atoms with Crippen LogP contribution in [0.4, 0.5) is 0 Å². The van der Waals surface area contributed by atoms with Gasteiger partial charge in [0.2, 0.25) is 0 Å². The van der Waals surface area contributed by atoms with Gasteiger partial charge in [-0.1, -0.05) is 30.3 Å². The summed E-state index contributed by atoms with van der Waals surface area (Å²) in [6, 6.07) is 10.1. The molecule has 3 heteroatoms. The Morgan fingerprint density at radius 1 is 1.16 bits per heavy atom. The van der Waals surface area contributed by atoms with Crippen LogP contribution in [0.2, 0.25) is 0 Å². The van der Waals surface area contributed by atoms with E-state index in [1.807, 2.05) is 18.2 Å². The van der Waals surface area contributed by atoms with Gasteiger partial charge in [-0.05, 0) is 44.1 Å². The lowest BCUT2D eigenvalue weighted by atomic mass is 9.93. The summed E-state index contributed by atoms with van der Waals surface area (Å²) < 4.78 is 0. The fourth-order valence-electron chi connectivity index (χ4n) is 2.94. The Bertz CT molecular complexity index is 375. The fourth-order valence-corrected chi connectivity index (χ4v) is 2.94. The summed E-state index contributed by atoms with van der Waals surface area (Å²) in [6.07, 6.45) is 4.81. The van der Waals surface area contributed by atoms with Crippen LogP contribution in [-0.4, -0.2) is 27.2 Å². The molecule has 0 spiro atoms. The molecule has 0 aromatic heterocycles. The molecule has 1 saturated carbocycles. The van der Waals surface area contributed by atoms with Gasteiger partial charge in [0.25, 0.3) is 0 Å². The van der Waals surface area contributed by atoms with Crippen LogP contribution < -0.4 is 0 Å². The number of hydrogen-bond acceptors (Lipinski definition) is 3. The monoisotopic (exact) mass is 264 g/mol. The van der Waals surface area contributed by atoms with E-state index in [1.54, 1.807) is 0 Å². The van der Waals surface area contributed by atoms with Crippen LogP contribution in [0.15, 0.2) is 30.3 Å². The zero-order chi connectivity index (χ0) is 13.7. The summed E-state index contributed by atoms with van der Waals surface area (Å²) >= 11 is 0. The third-order valence-electron chi connectivity index (χ3n) is 4.21. The first kappa shape index (κ1) is 14.5. The molecular weight excluding hydrogens is 240 g/mol. The Labute approximate surface area is 114 Å². The lowest BCUT2D eigenvalue weighted by Gasteiger charge is -2.24. The highest BCUT2D eigenvalue weighted by Gasteiger charge is 2.38.